The molecule has 2 aromatic heterocycles. The van der Waals surface area contributed by atoms with Crippen molar-refractivity contribution in [1.82, 2.24) is 14.9 Å². The largest absolute Gasteiger partial charge is 0.497 e. The first-order valence-corrected chi connectivity index (χ1v) is 10.1. The Balaban J connectivity index is 1.64. The molecular weight excluding hydrogens is 412 g/mol. The molecule has 4 rings (SSSR count). The van der Waals surface area contributed by atoms with Crippen LogP contribution >= 0.6 is 11.6 Å². The standard InChI is InChI=1S/C24H21ClN4O2/c1-31-21-9-10-22-18(13-21)12-19(23(25)28-22)16-29(15-17-6-5-11-26-14-17)24(30)27-20-7-3-2-4-8-20/h2-14H,15-16H2,1H3,(H,27,30). The Kier molecular flexibility index (Phi) is 6.29. The average Bonchev–Trinajstić information content (AvgIpc) is 2.80. The number of para-hydroxylation sites is 1. The van der Waals surface area contributed by atoms with E-state index in [0.29, 0.717) is 11.7 Å². The number of nitrogens with one attached hydrogen (secondary N) is 1. The van der Waals surface area contributed by atoms with Crippen LogP contribution in [-0.2, 0) is 13.1 Å². The molecule has 4 aromatic rings. The summed E-state index contributed by atoms with van der Waals surface area (Å²) in [5.41, 5.74) is 3.14. The lowest BCUT2D eigenvalue weighted by Crippen LogP contribution is -2.34. The molecule has 2 aromatic carbocycles. The van der Waals surface area contributed by atoms with E-state index in [4.69, 9.17) is 16.3 Å². The van der Waals surface area contributed by atoms with E-state index in [1.54, 1.807) is 24.4 Å². The van der Waals surface area contributed by atoms with Crippen LogP contribution in [-0.4, -0.2) is 28.0 Å². The highest BCUT2D eigenvalue weighted by atomic mass is 35.5. The van der Waals surface area contributed by atoms with Gasteiger partial charge >= 0.3 is 6.03 Å². The van der Waals surface area contributed by atoms with E-state index in [1.807, 2.05) is 66.7 Å². The lowest BCUT2D eigenvalue weighted by molar-refractivity contribution is 0.206. The van der Waals surface area contributed by atoms with Gasteiger partial charge in [0.2, 0.25) is 0 Å². The zero-order chi connectivity index (χ0) is 21.6. The molecule has 7 heteroatoms. The Hall–Kier alpha value is -3.64. The van der Waals surface area contributed by atoms with Crippen molar-refractivity contribution in [3.8, 4) is 5.75 Å². The average molecular weight is 433 g/mol. The van der Waals surface area contributed by atoms with Gasteiger partial charge in [0.15, 0.2) is 0 Å². The highest BCUT2D eigenvalue weighted by Crippen LogP contribution is 2.26. The van der Waals surface area contributed by atoms with Crippen molar-refractivity contribution in [2.75, 3.05) is 12.4 Å². The summed E-state index contributed by atoms with van der Waals surface area (Å²) in [6, 6.07) is 20.4. The van der Waals surface area contributed by atoms with Crippen LogP contribution in [0.2, 0.25) is 5.15 Å². The Morgan fingerprint density at radius 2 is 1.90 bits per heavy atom. The summed E-state index contributed by atoms with van der Waals surface area (Å²) >= 11 is 6.48. The summed E-state index contributed by atoms with van der Waals surface area (Å²) in [7, 11) is 1.62. The van der Waals surface area contributed by atoms with Crippen LogP contribution in [0.5, 0.6) is 5.75 Å². The number of hydrogen-bond acceptors (Lipinski definition) is 4. The maximum Gasteiger partial charge on any atom is 0.322 e. The fourth-order valence-corrected chi connectivity index (χ4v) is 3.46. The number of anilines is 1. The minimum Gasteiger partial charge on any atom is -0.497 e. The van der Waals surface area contributed by atoms with Gasteiger partial charge in [0.1, 0.15) is 10.9 Å². The van der Waals surface area contributed by atoms with Gasteiger partial charge in [-0.2, -0.15) is 0 Å². The summed E-state index contributed by atoms with van der Waals surface area (Å²) in [6.45, 7) is 0.658. The van der Waals surface area contributed by atoms with Gasteiger partial charge in [-0.25, -0.2) is 9.78 Å². The SMILES string of the molecule is COc1ccc2nc(Cl)c(CN(Cc3cccnc3)C(=O)Nc3ccccc3)cc2c1. The summed E-state index contributed by atoms with van der Waals surface area (Å²) in [4.78, 5) is 23.4. The maximum atomic E-state index is 13.1. The highest BCUT2D eigenvalue weighted by molar-refractivity contribution is 6.30. The van der Waals surface area contributed by atoms with E-state index in [0.717, 1.165) is 33.5 Å². The van der Waals surface area contributed by atoms with Crippen molar-refractivity contribution in [3.05, 3.63) is 95.4 Å². The minimum absolute atomic E-state index is 0.239. The van der Waals surface area contributed by atoms with Crippen molar-refractivity contribution in [1.29, 1.82) is 0 Å². The number of hydrogen-bond donors (Lipinski definition) is 1. The first kappa shape index (κ1) is 20.6. The number of fused-ring (bicyclic) bond motifs is 1. The first-order chi connectivity index (χ1) is 15.1. The number of ether oxygens (including phenoxy) is 1. The topological polar surface area (TPSA) is 67.3 Å². The number of pyridine rings is 2. The van der Waals surface area contributed by atoms with Crippen molar-refractivity contribution in [2.45, 2.75) is 13.1 Å². The van der Waals surface area contributed by atoms with Gasteiger partial charge in [0.25, 0.3) is 0 Å². The van der Waals surface area contributed by atoms with E-state index in [9.17, 15) is 4.79 Å². The molecule has 0 bridgehead atoms. The van der Waals surface area contributed by atoms with Gasteiger partial charge in [0.05, 0.1) is 19.2 Å². The predicted molar refractivity (Wildman–Crippen MR) is 122 cm³/mol. The summed E-state index contributed by atoms with van der Waals surface area (Å²) < 4.78 is 5.31. The number of methoxy groups -OCH3 is 1. The van der Waals surface area contributed by atoms with Crippen molar-refractivity contribution < 1.29 is 9.53 Å². The lowest BCUT2D eigenvalue weighted by atomic mass is 10.1. The Morgan fingerprint density at radius 3 is 2.65 bits per heavy atom. The molecule has 0 aliphatic rings. The van der Waals surface area contributed by atoms with Crippen LogP contribution < -0.4 is 10.1 Å². The van der Waals surface area contributed by atoms with E-state index >= 15 is 0 Å². The highest BCUT2D eigenvalue weighted by Gasteiger charge is 2.18. The van der Waals surface area contributed by atoms with Crippen LogP contribution in [0, 0.1) is 0 Å². The molecule has 1 N–H and O–H groups in total. The van der Waals surface area contributed by atoms with Crippen LogP contribution in [0.4, 0.5) is 10.5 Å². The number of carbonyl (C=O) groups excluding carboxylic acids is 1. The third kappa shape index (κ3) is 5.10. The van der Waals surface area contributed by atoms with Gasteiger partial charge < -0.3 is 15.0 Å². The smallest absolute Gasteiger partial charge is 0.322 e. The number of carbonyl (C=O) groups is 1. The number of amides is 2. The minimum atomic E-state index is -0.239. The van der Waals surface area contributed by atoms with Crippen LogP contribution in [0.3, 0.4) is 0 Å². The molecule has 6 nitrogen and oxygen atoms in total. The van der Waals surface area contributed by atoms with Crippen molar-refractivity contribution >= 4 is 34.2 Å². The molecule has 2 amide bonds. The predicted octanol–water partition coefficient (Wildman–Crippen LogP) is 5.53. The molecule has 0 fully saturated rings. The van der Waals surface area contributed by atoms with E-state index < -0.39 is 0 Å². The number of benzene rings is 2. The Bertz CT molecular complexity index is 1190. The third-order valence-corrected chi connectivity index (χ3v) is 5.14. The van der Waals surface area contributed by atoms with Gasteiger partial charge in [-0.05, 0) is 48.0 Å². The number of urea groups is 1. The quantitative estimate of drug-likeness (QED) is 0.407. The fraction of sp³-hybridized carbons (Fsp3) is 0.125. The zero-order valence-corrected chi connectivity index (χ0v) is 17.7. The Labute approximate surface area is 185 Å². The van der Waals surface area contributed by atoms with Gasteiger partial charge in [-0.15, -0.1) is 0 Å². The van der Waals surface area contributed by atoms with Gasteiger partial charge in [-0.3, -0.25) is 4.98 Å². The van der Waals surface area contributed by atoms with Gasteiger partial charge in [-0.1, -0.05) is 35.9 Å². The van der Waals surface area contributed by atoms with E-state index in [1.165, 1.54) is 0 Å². The molecular formula is C24H21ClN4O2. The van der Waals surface area contributed by atoms with Crippen molar-refractivity contribution in [2.24, 2.45) is 0 Å². The molecule has 2 heterocycles. The van der Waals surface area contributed by atoms with Crippen LogP contribution in [0.1, 0.15) is 11.1 Å². The summed E-state index contributed by atoms with van der Waals surface area (Å²) in [6.07, 6.45) is 3.45. The lowest BCUT2D eigenvalue weighted by Gasteiger charge is -2.24. The van der Waals surface area contributed by atoms with Crippen LogP contribution in [0.15, 0.2) is 79.1 Å². The second-order valence-corrected chi connectivity index (χ2v) is 7.37. The second-order valence-electron chi connectivity index (χ2n) is 7.01. The molecule has 156 valence electrons. The number of rotatable bonds is 6. The van der Waals surface area contributed by atoms with E-state index in [2.05, 4.69) is 15.3 Å². The van der Waals surface area contributed by atoms with Crippen molar-refractivity contribution in [3.63, 3.8) is 0 Å². The first-order valence-electron chi connectivity index (χ1n) is 9.75. The molecule has 31 heavy (non-hydrogen) atoms. The Morgan fingerprint density at radius 1 is 1.06 bits per heavy atom. The molecule has 0 saturated heterocycles. The molecule has 0 atom stereocenters. The third-order valence-electron chi connectivity index (χ3n) is 4.82. The van der Waals surface area contributed by atoms with Gasteiger partial charge in [0, 0.05) is 35.6 Å². The normalized spacial score (nSPS) is 10.6. The maximum absolute atomic E-state index is 13.1. The molecule has 0 saturated carbocycles. The van der Waals surface area contributed by atoms with Crippen LogP contribution in [0.25, 0.3) is 10.9 Å². The molecule has 0 unspecified atom stereocenters. The number of aromatic nitrogens is 2. The molecule has 0 aliphatic carbocycles. The fourth-order valence-electron chi connectivity index (χ4n) is 3.25. The summed E-state index contributed by atoms with van der Waals surface area (Å²) in [5, 5.41) is 4.20. The monoisotopic (exact) mass is 432 g/mol. The molecule has 0 spiro atoms. The second kappa shape index (κ2) is 9.45. The van der Waals surface area contributed by atoms with E-state index in [-0.39, 0.29) is 12.6 Å². The number of halogens is 1. The number of nitrogens with zero attached hydrogens (tertiary/aromatic N) is 3. The molecule has 0 aliphatic heterocycles. The zero-order valence-electron chi connectivity index (χ0n) is 17.0. The molecule has 0 radical (unpaired) electrons. The summed E-state index contributed by atoms with van der Waals surface area (Å²) in [5.74, 6) is 0.733.